The largest absolute Gasteiger partial charge is 0.346 e. The predicted octanol–water partition coefficient (Wildman–Crippen LogP) is 2.17. The SMILES string of the molecule is CC(NC(=O)CCc1ccc2ccccc2c1)c1nnnn1C. The summed E-state index contributed by atoms with van der Waals surface area (Å²) in [5.74, 6) is 0.637. The van der Waals surface area contributed by atoms with E-state index in [0.29, 0.717) is 18.7 Å². The zero-order chi connectivity index (χ0) is 16.2. The van der Waals surface area contributed by atoms with Crippen LogP contribution in [0, 0.1) is 0 Å². The Bertz CT molecular complexity index is 826. The lowest BCUT2D eigenvalue weighted by Gasteiger charge is -2.12. The van der Waals surface area contributed by atoms with Crippen LogP contribution >= 0.6 is 0 Å². The minimum absolute atomic E-state index is 0.00587. The number of tetrazole rings is 1. The molecule has 6 nitrogen and oxygen atoms in total. The molecule has 118 valence electrons. The highest BCUT2D eigenvalue weighted by Gasteiger charge is 2.14. The number of nitrogens with zero attached hydrogens (tertiary/aromatic N) is 4. The molecule has 0 aliphatic heterocycles. The summed E-state index contributed by atoms with van der Waals surface area (Å²) < 4.78 is 1.56. The van der Waals surface area contributed by atoms with Gasteiger partial charge in [-0.2, -0.15) is 0 Å². The molecule has 0 saturated carbocycles. The van der Waals surface area contributed by atoms with Crippen molar-refractivity contribution in [1.82, 2.24) is 25.5 Å². The number of rotatable bonds is 5. The van der Waals surface area contributed by atoms with Gasteiger partial charge in [0, 0.05) is 13.5 Å². The van der Waals surface area contributed by atoms with Crippen LogP contribution in [0.2, 0.25) is 0 Å². The maximum atomic E-state index is 12.1. The smallest absolute Gasteiger partial charge is 0.220 e. The number of aryl methyl sites for hydroxylation is 2. The highest BCUT2D eigenvalue weighted by molar-refractivity contribution is 5.83. The molecule has 0 bridgehead atoms. The third kappa shape index (κ3) is 3.53. The van der Waals surface area contributed by atoms with Crippen LogP contribution in [0.4, 0.5) is 0 Å². The minimum Gasteiger partial charge on any atom is -0.346 e. The summed E-state index contributed by atoms with van der Waals surface area (Å²) in [7, 11) is 1.76. The zero-order valence-electron chi connectivity index (χ0n) is 13.2. The monoisotopic (exact) mass is 309 g/mol. The molecule has 1 amide bonds. The summed E-state index contributed by atoms with van der Waals surface area (Å²) in [6, 6.07) is 14.3. The first kappa shape index (κ1) is 15.1. The molecule has 0 saturated heterocycles. The number of fused-ring (bicyclic) bond motifs is 1. The van der Waals surface area contributed by atoms with Gasteiger partial charge in [0.2, 0.25) is 5.91 Å². The number of hydrogen-bond donors (Lipinski definition) is 1. The first-order chi connectivity index (χ1) is 11.1. The van der Waals surface area contributed by atoms with Gasteiger partial charge in [-0.25, -0.2) is 4.68 Å². The van der Waals surface area contributed by atoms with Gasteiger partial charge in [-0.3, -0.25) is 4.79 Å². The molecule has 3 aromatic rings. The first-order valence-electron chi connectivity index (χ1n) is 7.63. The van der Waals surface area contributed by atoms with Crippen molar-refractivity contribution in [3.63, 3.8) is 0 Å². The van der Waals surface area contributed by atoms with Crippen molar-refractivity contribution in [2.45, 2.75) is 25.8 Å². The fourth-order valence-electron chi connectivity index (χ4n) is 2.63. The normalized spacial score (nSPS) is 12.3. The molecule has 2 aromatic carbocycles. The van der Waals surface area contributed by atoms with Crippen LogP contribution in [0.25, 0.3) is 10.8 Å². The van der Waals surface area contributed by atoms with Gasteiger partial charge >= 0.3 is 0 Å². The number of carbonyl (C=O) groups excluding carboxylic acids is 1. The number of amides is 1. The second-order valence-electron chi connectivity index (χ2n) is 5.63. The highest BCUT2D eigenvalue weighted by Crippen LogP contribution is 2.16. The van der Waals surface area contributed by atoms with Crippen molar-refractivity contribution < 1.29 is 4.79 Å². The summed E-state index contributed by atoms with van der Waals surface area (Å²) >= 11 is 0. The van der Waals surface area contributed by atoms with Crippen LogP contribution in [0.5, 0.6) is 0 Å². The predicted molar refractivity (Wildman–Crippen MR) is 87.6 cm³/mol. The summed E-state index contributed by atoms with van der Waals surface area (Å²) in [5, 5.41) is 16.6. The molecule has 1 atom stereocenters. The number of hydrogen-bond acceptors (Lipinski definition) is 4. The Morgan fingerprint density at radius 2 is 2.00 bits per heavy atom. The average molecular weight is 309 g/mol. The number of carbonyl (C=O) groups is 1. The summed E-state index contributed by atoms with van der Waals surface area (Å²) in [6.45, 7) is 1.87. The van der Waals surface area contributed by atoms with Crippen LogP contribution in [-0.2, 0) is 18.3 Å². The van der Waals surface area contributed by atoms with E-state index in [0.717, 1.165) is 5.56 Å². The summed E-state index contributed by atoms with van der Waals surface area (Å²) in [5.41, 5.74) is 1.16. The Balaban J connectivity index is 1.58. The lowest BCUT2D eigenvalue weighted by atomic mass is 10.0. The van der Waals surface area contributed by atoms with E-state index in [1.54, 1.807) is 11.7 Å². The van der Waals surface area contributed by atoms with Gasteiger partial charge in [0.25, 0.3) is 0 Å². The van der Waals surface area contributed by atoms with Gasteiger partial charge < -0.3 is 5.32 Å². The van der Waals surface area contributed by atoms with Crippen LogP contribution in [-0.4, -0.2) is 26.1 Å². The van der Waals surface area contributed by atoms with Crippen LogP contribution in [0.3, 0.4) is 0 Å². The fourth-order valence-corrected chi connectivity index (χ4v) is 2.63. The van der Waals surface area contributed by atoms with E-state index in [4.69, 9.17) is 0 Å². The minimum atomic E-state index is -0.209. The van der Waals surface area contributed by atoms with E-state index in [9.17, 15) is 4.79 Å². The molecular weight excluding hydrogens is 290 g/mol. The molecule has 0 radical (unpaired) electrons. The van der Waals surface area contributed by atoms with Crippen LogP contribution < -0.4 is 5.32 Å². The Morgan fingerprint density at radius 1 is 1.22 bits per heavy atom. The van der Waals surface area contributed by atoms with E-state index < -0.39 is 0 Å². The molecule has 0 aliphatic carbocycles. The van der Waals surface area contributed by atoms with E-state index in [1.807, 2.05) is 19.1 Å². The van der Waals surface area contributed by atoms with Crippen molar-refractivity contribution in [2.24, 2.45) is 7.05 Å². The molecule has 23 heavy (non-hydrogen) atoms. The lowest BCUT2D eigenvalue weighted by Crippen LogP contribution is -2.28. The molecule has 0 aliphatic rings. The van der Waals surface area contributed by atoms with Crippen LogP contribution in [0.15, 0.2) is 42.5 Å². The summed E-state index contributed by atoms with van der Waals surface area (Å²) in [4.78, 5) is 12.1. The maximum Gasteiger partial charge on any atom is 0.220 e. The molecule has 1 aromatic heterocycles. The standard InChI is InChI=1S/C17H19N5O/c1-12(17-19-20-21-22(17)2)18-16(23)10-8-13-7-9-14-5-3-4-6-15(14)11-13/h3-7,9,11-12H,8,10H2,1-2H3,(H,18,23). The van der Waals surface area contributed by atoms with E-state index in [2.05, 4.69) is 51.2 Å². The van der Waals surface area contributed by atoms with E-state index >= 15 is 0 Å². The first-order valence-corrected chi connectivity index (χ1v) is 7.63. The Labute approximate surface area is 134 Å². The molecule has 0 fully saturated rings. The van der Waals surface area contributed by atoms with E-state index in [-0.39, 0.29) is 11.9 Å². The Kier molecular flexibility index (Phi) is 4.32. The van der Waals surface area contributed by atoms with Gasteiger partial charge in [0.05, 0.1) is 6.04 Å². The third-order valence-corrected chi connectivity index (χ3v) is 3.87. The Morgan fingerprint density at radius 3 is 2.74 bits per heavy atom. The molecule has 3 rings (SSSR count). The van der Waals surface area contributed by atoms with Crippen molar-refractivity contribution in [3.05, 3.63) is 53.9 Å². The number of nitrogens with one attached hydrogen (secondary N) is 1. The number of aromatic nitrogens is 4. The molecule has 6 heteroatoms. The van der Waals surface area contributed by atoms with Gasteiger partial charge in [0.15, 0.2) is 5.82 Å². The highest BCUT2D eigenvalue weighted by atomic mass is 16.1. The van der Waals surface area contributed by atoms with Crippen molar-refractivity contribution in [3.8, 4) is 0 Å². The van der Waals surface area contributed by atoms with E-state index in [1.165, 1.54) is 10.8 Å². The van der Waals surface area contributed by atoms with Crippen LogP contribution in [0.1, 0.15) is 30.8 Å². The van der Waals surface area contributed by atoms with Gasteiger partial charge in [0.1, 0.15) is 0 Å². The quantitative estimate of drug-likeness (QED) is 0.784. The van der Waals surface area contributed by atoms with Gasteiger partial charge in [-0.15, -0.1) is 5.10 Å². The van der Waals surface area contributed by atoms with Crippen molar-refractivity contribution in [2.75, 3.05) is 0 Å². The van der Waals surface area contributed by atoms with Crippen molar-refractivity contribution in [1.29, 1.82) is 0 Å². The second kappa shape index (κ2) is 6.56. The second-order valence-corrected chi connectivity index (χ2v) is 5.63. The molecule has 1 unspecified atom stereocenters. The Hall–Kier alpha value is -2.76. The zero-order valence-corrected chi connectivity index (χ0v) is 13.2. The topological polar surface area (TPSA) is 72.7 Å². The lowest BCUT2D eigenvalue weighted by molar-refractivity contribution is -0.121. The number of benzene rings is 2. The average Bonchev–Trinajstić information content (AvgIpc) is 2.99. The molecule has 0 spiro atoms. The maximum absolute atomic E-state index is 12.1. The molecule has 1 heterocycles. The van der Waals surface area contributed by atoms with Gasteiger partial charge in [-0.1, -0.05) is 42.5 Å². The van der Waals surface area contributed by atoms with Gasteiger partial charge in [-0.05, 0) is 40.1 Å². The molecule has 1 N–H and O–H groups in total. The third-order valence-electron chi connectivity index (χ3n) is 3.87. The fraction of sp³-hybridized carbons (Fsp3) is 0.294. The summed E-state index contributed by atoms with van der Waals surface area (Å²) in [6.07, 6.45) is 1.15. The van der Waals surface area contributed by atoms with Crippen molar-refractivity contribution >= 4 is 16.7 Å². The molecular formula is C17H19N5O.